The van der Waals surface area contributed by atoms with E-state index in [-0.39, 0.29) is 0 Å². The van der Waals surface area contributed by atoms with Crippen LogP contribution in [0.2, 0.25) is 0 Å². The maximum Gasteiger partial charge on any atom is 0.0462 e. The van der Waals surface area contributed by atoms with Gasteiger partial charge in [-0.3, -0.25) is 0 Å². The Bertz CT molecular complexity index is 3090. The Hall–Kier alpha value is -8.00. The normalized spacial score (nSPS) is 12.0. The lowest BCUT2D eigenvalue weighted by Gasteiger charge is -2.26. The maximum atomic E-state index is 2.36. The molecule has 0 heterocycles. The summed E-state index contributed by atoms with van der Waals surface area (Å²) in [6.45, 7) is 0. The lowest BCUT2D eigenvalue weighted by atomic mass is 9.94. The molecular formula is C62H43N. The summed E-state index contributed by atoms with van der Waals surface area (Å²) in [5.74, 6) is 0. The van der Waals surface area contributed by atoms with Gasteiger partial charge in [-0.05, 0) is 149 Å². The first-order valence-electron chi connectivity index (χ1n) is 22.0. The fourth-order valence-electron chi connectivity index (χ4n) is 10.0. The van der Waals surface area contributed by atoms with Crippen LogP contribution in [-0.2, 0) is 12.8 Å². The van der Waals surface area contributed by atoms with Crippen molar-refractivity contribution in [1.29, 1.82) is 0 Å². The van der Waals surface area contributed by atoms with E-state index in [1.54, 1.807) is 0 Å². The van der Waals surface area contributed by atoms with Crippen LogP contribution < -0.4 is 4.90 Å². The third-order valence-corrected chi connectivity index (χ3v) is 13.2. The lowest BCUT2D eigenvalue weighted by Crippen LogP contribution is -2.09. The number of rotatable bonds is 8. The number of fused-ring (bicyclic) bond motifs is 6. The second kappa shape index (κ2) is 15.5. The highest BCUT2D eigenvalue weighted by atomic mass is 15.1. The molecule has 0 bridgehead atoms. The van der Waals surface area contributed by atoms with Crippen LogP contribution in [0.15, 0.2) is 237 Å². The minimum Gasteiger partial charge on any atom is -0.311 e. The van der Waals surface area contributed by atoms with Crippen molar-refractivity contribution < 1.29 is 0 Å². The number of benzene rings is 10. The number of nitrogens with zero attached hydrogens (tertiary/aromatic N) is 1. The molecule has 12 rings (SSSR count). The van der Waals surface area contributed by atoms with Crippen molar-refractivity contribution in [1.82, 2.24) is 0 Å². The Labute approximate surface area is 369 Å². The molecule has 0 saturated carbocycles. The summed E-state index contributed by atoms with van der Waals surface area (Å²) in [5, 5.41) is 0. The van der Waals surface area contributed by atoms with E-state index in [2.05, 4.69) is 241 Å². The summed E-state index contributed by atoms with van der Waals surface area (Å²) in [6.07, 6.45) is 1.97. The van der Waals surface area contributed by atoms with Crippen molar-refractivity contribution in [3.05, 3.63) is 259 Å². The first-order chi connectivity index (χ1) is 31.2. The molecule has 10 aromatic rings. The van der Waals surface area contributed by atoms with Gasteiger partial charge in [0.05, 0.1) is 0 Å². The SMILES string of the molecule is c1ccc(-c2ccc(N(c3ccc(-c4ccc(-c5cccc6c5Cc5ccccc5-6)cc4)cc3)c3ccc(-c4ccc(-c5cccc6c5Cc5ccccc5-6)cc4)cc3)cc2)cc1. The van der Waals surface area contributed by atoms with Crippen molar-refractivity contribution in [2.45, 2.75) is 12.8 Å². The molecule has 0 aliphatic heterocycles. The standard InChI is InChI=1S/C62H43N/c1-2-10-42(11-3-1)45-28-34-52(35-29-45)63(53-36-30-46(31-37-53)43-20-24-48(25-21-43)55-16-8-18-59-57-14-6-4-12-50(57)40-61(55)59)54-38-32-47(33-39-54)44-22-26-49(27-23-44)56-17-9-19-60-58-15-7-5-13-51(58)41-62(56)60/h1-39H,40-41H2. The van der Waals surface area contributed by atoms with Gasteiger partial charge in [0, 0.05) is 17.1 Å². The highest BCUT2D eigenvalue weighted by Crippen LogP contribution is 2.44. The molecule has 296 valence electrons. The van der Waals surface area contributed by atoms with Crippen LogP contribution >= 0.6 is 0 Å². The van der Waals surface area contributed by atoms with Gasteiger partial charge in [-0.1, -0.05) is 200 Å². The van der Waals surface area contributed by atoms with Crippen molar-refractivity contribution in [3.63, 3.8) is 0 Å². The van der Waals surface area contributed by atoms with Crippen LogP contribution in [0, 0.1) is 0 Å². The van der Waals surface area contributed by atoms with Gasteiger partial charge in [0.1, 0.15) is 0 Å². The zero-order chi connectivity index (χ0) is 41.7. The predicted octanol–water partition coefficient (Wildman–Crippen LogP) is 16.6. The molecule has 1 nitrogen and oxygen atoms in total. The van der Waals surface area contributed by atoms with Crippen LogP contribution in [0.25, 0.3) is 77.9 Å². The number of hydrogen-bond acceptors (Lipinski definition) is 1. The summed E-state index contributed by atoms with van der Waals surface area (Å²) in [6, 6.07) is 86.8. The molecule has 0 unspecified atom stereocenters. The molecule has 63 heavy (non-hydrogen) atoms. The van der Waals surface area contributed by atoms with Crippen LogP contribution in [0.3, 0.4) is 0 Å². The maximum absolute atomic E-state index is 2.36. The van der Waals surface area contributed by atoms with E-state index in [0.717, 1.165) is 29.9 Å². The van der Waals surface area contributed by atoms with Gasteiger partial charge in [0.15, 0.2) is 0 Å². The molecule has 0 aromatic heterocycles. The zero-order valence-corrected chi connectivity index (χ0v) is 34.9. The molecule has 1 heteroatoms. The van der Waals surface area contributed by atoms with E-state index in [1.807, 2.05) is 0 Å². The van der Waals surface area contributed by atoms with Gasteiger partial charge in [-0.15, -0.1) is 0 Å². The summed E-state index contributed by atoms with van der Waals surface area (Å²) in [7, 11) is 0. The van der Waals surface area contributed by atoms with Crippen LogP contribution in [-0.4, -0.2) is 0 Å². The van der Waals surface area contributed by atoms with Gasteiger partial charge in [0.25, 0.3) is 0 Å². The molecule has 0 spiro atoms. The van der Waals surface area contributed by atoms with E-state index in [1.165, 1.54) is 100 Å². The molecule has 0 atom stereocenters. The van der Waals surface area contributed by atoms with Gasteiger partial charge in [-0.25, -0.2) is 0 Å². The van der Waals surface area contributed by atoms with Gasteiger partial charge >= 0.3 is 0 Å². The smallest absolute Gasteiger partial charge is 0.0462 e. The molecule has 10 aromatic carbocycles. The Morgan fingerprint density at radius 3 is 0.889 bits per heavy atom. The number of hydrogen-bond donors (Lipinski definition) is 0. The van der Waals surface area contributed by atoms with Gasteiger partial charge in [-0.2, -0.15) is 0 Å². The molecule has 0 fully saturated rings. The van der Waals surface area contributed by atoms with Crippen molar-refractivity contribution >= 4 is 17.1 Å². The highest BCUT2D eigenvalue weighted by molar-refractivity contribution is 5.88. The van der Waals surface area contributed by atoms with Crippen molar-refractivity contribution in [3.8, 4) is 77.9 Å². The van der Waals surface area contributed by atoms with Gasteiger partial charge < -0.3 is 4.90 Å². The van der Waals surface area contributed by atoms with E-state index in [0.29, 0.717) is 0 Å². The minimum atomic E-state index is 0.985. The summed E-state index contributed by atoms with van der Waals surface area (Å²) in [4.78, 5) is 2.36. The fraction of sp³-hybridized carbons (Fsp3) is 0.0323. The topological polar surface area (TPSA) is 3.24 Å². The minimum absolute atomic E-state index is 0.985. The third-order valence-electron chi connectivity index (χ3n) is 13.2. The number of anilines is 3. The average molecular weight is 802 g/mol. The molecule has 2 aliphatic carbocycles. The fourth-order valence-corrected chi connectivity index (χ4v) is 10.0. The molecule has 0 saturated heterocycles. The summed E-state index contributed by atoms with van der Waals surface area (Å²) in [5.41, 5.74) is 26.9. The molecule has 2 aliphatic rings. The molecule has 0 N–H and O–H groups in total. The highest BCUT2D eigenvalue weighted by Gasteiger charge is 2.23. The summed E-state index contributed by atoms with van der Waals surface area (Å²) < 4.78 is 0. The zero-order valence-electron chi connectivity index (χ0n) is 34.9. The Kier molecular flexibility index (Phi) is 9.04. The van der Waals surface area contributed by atoms with Crippen LogP contribution in [0.5, 0.6) is 0 Å². The lowest BCUT2D eigenvalue weighted by molar-refractivity contribution is 1.26. The van der Waals surface area contributed by atoms with E-state index < -0.39 is 0 Å². The Morgan fingerprint density at radius 2 is 0.492 bits per heavy atom. The second-order valence-electron chi connectivity index (χ2n) is 16.8. The quantitative estimate of drug-likeness (QED) is 0.148. The molecule has 0 amide bonds. The van der Waals surface area contributed by atoms with Crippen molar-refractivity contribution in [2.75, 3.05) is 4.90 Å². The molecule has 0 radical (unpaired) electrons. The average Bonchev–Trinajstić information content (AvgIpc) is 3.94. The van der Waals surface area contributed by atoms with Crippen LogP contribution in [0.4, 0.5) is 17.1 Å². The van der Waals surface area contributed by atoms with E-state index in [4.69, 9.17) is 0 Å². The predicted molar refractivity (Wildman–Crippen MR) is 265 cm³/mol. The Morgan fingerprint density at radius 1 is 0.206 bits per heavy atom. The Balaban J connectivity index is 0.831. The third kappa shape index (κ3) is 6.67. The van der Waals surface area contributed by atoms with E-state index >= 15 is 0 Å². The largest absolute Gasteiger partial charge is 0.311 e. The van der Waals surface area contributed by atoms with E-state index in [9.17, 15) is 0 Å². The van der Waals surface area contributed by atoms with Gasteiger partial charge in [0.2, 0.25) is 0 Å². The molecular weight excluding hydrogens is 759 g/mol. The first-order valence-corrected chi connectivity index (χ1v) is 22.0. The first kappa shape index (κ1) is 36.8. The summed E-state index contributed by atoms with van der Waals surface area (Å²) >= 11 is 0. The van der Waals surface area contributed by atoms with Crippen LogP contribution in [0.1, 0.15) is 22.3 Å². The second-order valence-corrected chi connectivity index (χ2v) is 16.8. The van der Waals surface area contributed by atoms with Crippen molar-refractivity contribution in [2.24, 2.45) is 0 Å². The monoisotopic (exact) mass is 801 g/mol.